The number of nitrogens with one attached hydrogen (secondary N) is 2. The van der Waals surface area contributed by atoms with Crippen LogP contribution in [0.2, 0.25) is 0 Å². The van der Waals surface area contributed by atoms with Gasteiger partial charge in [0.15, 0.2) is 0 Å². The van der Waals surface area contributed by atoms with Gasteiger partial charge in [0.25, 0.3) is 0 Å². The summed E-state index contributed by atoms with van der Waals surface area (Å²) in [6.07, 6.45) is 0.717. The lowest BCUT2D eigenvalue weighted by molar-refractivity contribution is -0.146. The molecule has 0 aliphatic rings. The molecule has 0 aliphatic carbocycles. The second-order valence-electron chi connectivity index (χ2n) is 3.93. The second kappa shape index (κ2) is 8.46. The minimum Gasteiger partial charge on any atom is -0.467 e. The third kappa shape index (κ3) is 5.62. The van der Waals surface area contributed by atoms with Crippen molar-refractivity contribution in [3.63, 3.8) is 0 Å². The van der Waals surface area contributed by atoms with Crippen LogP contribution in [0.3, 0.4) is 0 Å². The van der Waals surface area contributed by atoms with Crippen molar-refractivity contribution in [2.24, 2.45) is 11.7 Å². The summed E-state index contributed by atoms with van der Waals surface area (Å²) in [6, 6.07) is -0.706. The first-order chi connectivity index (χ1) is 8.46. The van der Waals surface area contributed by atoms with Gasteiger partial charge in [-0.1, -0.05) is 20.3 Å². The van der Waals surface area contributed by atoms with Crippen molar-refractivity contribution in [1.82, 2.24) is 10.6 Å². The Hall–Kier alpha value is -1.63. The molecule has 2 amide bonds. The molecule has 0 aromatic rings. The zero-order valence-corrected chi connectivity index (χ0v) is 11.0. The van der Waals surface area contributed by atoms with Crippen LogP contribution in [-0.4, -0.2) is 44.0 Å². The van der Waals surface area contributed by atoms with Gasteiger partial charge in [0.05, 0.1) is 20.2 Å². The Balaban J connectivity index is 4.36. The van der Waals surface area contributed by atoms with E-state index in [2.05, 4.69) is 15.4 Å². The third-order valence-corrected chi connectivity index (χ3v) is 2.62. The number of carbonyl (C=O) groups excluding carboxylic acids is 3. The van der Waals surface area contributed by atoms with Gasteiger partial charge in [-0.15, -0.1) is 0 Å². The molecule has 104 valence electrons. The monoisotopic (exact) mass is 259 g/mol. The molecule has 7 heteroatoms. The first kappa shape index (κ1) is 16.4. The third-order valence-electron chi connectivity index (χ3n) is 2.62. The number of esters is 1. The van der Waals surface area contributed by atoms with E-state index in [-0.39, 0.29) is 19.0 Å². The minimum absolute atomic E-state index is 0.0494. The van der Waals surface area contributed by atoms with Gasteiger partial charge < -0.3 is 21.1 Å². The maximum atomic E-state index is 11.5. The van der Waals surface area contributed by atoms with Crippen LogP contribution in [0.15, 0.2) is 0 Å². The van der Waals surface area contributed by atoms with Crippen LogP contribution in [-0.2, 0) is 19.1 Å². The van der Waals surface area contributed by atoms with Crippen molar-refractivity contribution >= 4 is 17.8 Å². The predicted octanol–water partition coefficient (Wildman–Crippen LogP) is -1.23. The normalized spacial score (nSPS) is 13.3. The summed E-state index contributed by atoms with van der Waals surface area (Å²) in [5.74, 6) is -1.43. The number of nitrogens with two attached hydrogens (primary N) is 1. The van der Waals surface area contributed by atoms with Gasteiger partial charge in [0, 0.05) is 0 Å². The highest BCUT2D eigenvalue weighted by atomic mass is 16.5. The highest BCUT2D eigenvalue weighted by molar-refractivity contribution is 5.88. The van der Waals surface area contributed by atoms with Crippen LogP contribution >= 0.6 is 0 Å². The molecule has 4 N–H and O–H groups in total. The number of hydrogen-bond donors (Lipinski definition) is 3. The van der Waals surface area contributed by atoms with Gasteiger partial charge >= 0.3 is 5.97 Å². The van der Waals surface area contributed by atoms with Gasteiger partial charge in [0.1, 0.15) is 6.04 Å². The Morgan fingerprint density at radius 2 is 1.89 bits per heavy atom. The lowest BCUT2D eigenvalue weighted by atomic mass is 9.99. The zero-order chi connectivity index (χ0) is 14.1. The fourth-order valence-electron chi connectivity index (χ4n) is 1.27. The Kier molecular flexibility index (Phi) is 7.69. The molecule has 2 unspecified atom stereocenters. The van der Waals surface area contributed by atoms with Gasteiger partial charge in [-0.25, -0.2) is 4.79 Å². The van der Waals surface area contributed by atoms with E-state index in [1.54, 1.807) is 0 Å². The first-order valence-electron chi connectivity index (χ1n) is 5.80. The summed E-state index contributed by atoms with van der Waals surface area (Å²) < 4.78 is 4.62. The Bertz CT molecular complexity index is 307. The Labute approximate surface area is 106 Å². The van der Waals surface area contributed by atoms with E-state index in [9.17, 15) is 14.4 Å². The van der Waals surface area contributed by atoms with Crippen LogP contribution in [0.1, 0.15) is 20.3 Å². The van der Waals surface area contributed by atoms with Crippen molar-refractivity contribution in [3.8, 4) is 0 Å². The van der Waals surface area contributed by atoms with E-state index in [0.717, 1.165) is 6.42 Å². The molecule has 0 saturated carbocycles. The van der Waals surface area contributed by atoms with Crippen molar-refractivity contribution in [1.29, 1.82) is 0 Å². The molecule has 2 atom stereocenters. The first-order valence-corrected chi connectivity index (χ1v) is 5.80. The Morgan fingerprint density at radius 1 is 1.28 bits per heavy atom. The molecule has 0 heterocycles. The molecular weight excluding hydrogens is 238 g/mol. The van der Waals surface area contributed by atoms with Gasteiger partial charge in [-0.2, -0.15) is 0 Å². The number of amides is 2. The molecular formula is C11H21N3O4. The van der Waals surface area contributed by atoms with Gasteiger partial charge in [0.2, 0.25) is 11.8 Å². The summed E-state index contributed by atoms with van der Waals surface area (Å²) in [5, 5.41) is 4.85. The summed E-state index contributed by atoms with van der Waals surface area (Å²) in [5.41, 5.74) is 5.08. The predicted molar refractivity (Wildman–Crippen MR) is 65.5 cm³/mol. The molecule has 0 saturated heterocycles. The standard InChI is InChI=1S/C11H21N3O4/c1-4-7(2)10(11(17)18-3)14-9(16)6-13-8(15)5-12/h7,10H,4-6,12H2,1-3H3,(H,13,15)(H,14,16). The molecule has 18 heavy (non-hydrogen) atoms. The van der Waals surface area contributed by atoms with E-state index in [1.165, 1.54) is 7.11 Å². The van der Waals surface area contributed by atoms with E-state index >= 15 is 0 Å². The molecule has 0 fully saturated rings. The van der Waals surface area contributed by atoms with E-state index in [4.69, 9.17) is 5.73 Å². The number of methoxy groups -OCH3 is 1. The summed E-state index contributed by atoms with van der Waals surface area (Å²) in [6.45, 7) is 3.35. The number of hydrogen-bond acceptors (Lipinski definition) is 5. The molecule has 0 aromatic carbocycles. The SMILES string of the molecule is CCC(C)C(NC(=O)CNC(=O)CN)C(=O)OC. The molecule has 0 radical (unpaired) electrons. The van der Waals surface area contributed by atoms with Crippen molar-refractivity contribution in [3.05, 3.63) is 0 Å². The Morgan fingerprint density at radius 3 is 2.33 bits per heavy atom. The minimum atomic E-state index is -0.706. The molecule has 7 nitrogen and oxygen atoms in total. The lowest BCUT2D eigenvalue weighted by Crippen LogP contribution is -2.49. The largest absolute Gasteiger partial charge is 0.467 e. The lowest BCUT2D eigenvalue weighted by Gasteiger charge is -2.21. The fraction of sp³-hybridized carbons (Fsp3) is 0.727. The molecule has 0 spiro atoms. The van der Waals surface area contributed by atoms with E-state index in [1.807, 2.05) is 13.8 Å². The molecule has 0 aromatic heterocycles. The quantitative estimate of drug-likeness (QED) is 0.496. The van der Waals surface area contributed by atoms with Crippen molar-refractivity contribution in [2.75, 3.05) is 20.2 Å². The van der Waals surface area contributed by atoms with Crippen LogP contribution in [0.25, 0.3) is 0 Å². The van der Waals surface area contributed by atoms with Crippen molar-refractivity contribution in [2.45, 2.75) is 26.3 Å². The smallest absolute Gasteiger partial charge is 0.328 e. The number of carbonyl (C=O) groups is 3. The van der Waals surface area contributed by atoms with Crippen LogP contribution < -0.4 is 16.4 Å². The van der Waals surface area contributed by atoms with Gasteiger partial charge in [-0.3, -0.25) is 9.59 Å². The van der Waals surface area contributed by atoms with E-state index in [0.29, 0.717) is 0 Å². The summed E-state index contributed by atoms with van der Waals surface area (Å²) in [7, 11) is 1.26. The summed E-state index contributed by atoms with van der Waals surface area (Å²) in [4.78, 5) is 33.9. The van der Waals surface area contributed by atoms with E-state index < -0.39 is 23.8 Å². The maximum Gasteiger partial charge on any atom is 0.328 e. The highest BCUT2D eigenvalue weighted by Crippen LogP contribution is 2.08. The topological polar surface area (TPSA) is 111 Å². The van der Waals surface area contributed by atoms with Crippen molar-refractivity contribution < 1.29 is 19.1 Å². The van der Waals surface area contributed by atoms with Gasteiger partial charge in [-0.05, 0) is 5.92 Å². The number of ether oxygens (including phenoxy) is 1. The number of rotatable bonds is 7. The van der Waals surface area contributed by atoms with Crippen LogP contribution in [0.5, 0.6) is 0 Å². The van der Waals surface area contributed by atoms with Crippen LogP contribution in [0.4, 0.5) is 0 Å². The zero-order valence-electron chi connectivity index (χ0n) is 11.0. The summed E-state index contributed by atoms with van der Waals surface area (Å²) >= 11 is 0. The average Bonchev–Trinajstić information content (AvgIpc) is 2.40. The highest BCUT2D eigenvalue weighted by Gasteiger charge is 2.26. The average molecular weight is 259 g/mol. The fourth-order valence-corrected chi connectivity index (χ4v) is 1.27. The maximum absolute atomic E-state index is 11.5. The molecule has 0 bridgehead atoms. The molecule has 0 aliphatic heterocycles. The molecule has 0 rings (SSSR count). The van der Waals surface area contributed by atoms with Crippen LogP contribution in [0, 0.1) is 5.92 Å². The second-order valence-corrected chi connectivity index (χ2v) is 3.93.